The lowest BCUT2D eigenvalue weighted by Gasteiger charge is -2.05. The number of methoxy groups -OCH3 is 1. The van der Waals surface area contributed by atoms with E-state index in [4.69, 9.17) is 9.15 Å². The van der Waals surface area contributed by atoms with Crippen LogP contribution in [-0.4, -0.2) is 33.7 Å². The molecule has 0 spiro atoms. The molecule has 2 aromatic carbocycles. The fraction of sp³-hybridized carbons (Fsp3) is 0.0476. The SMILES string of the molecule is COc1cccc2cc(-c3scc(NC(=O)c4ccc5snnc5c4)c3C(=O)O)oc12. The maximum Gasteiger partial charge on any atom is 0.339 e. The minimum Gasteiger partial charge on any atom is -0.493 e. The molecule has 5 rings (SSSR count). The van der Waals surface area contributed by atoms with Crippen molar-refractivity contribution in [2.45, 2.75) is 0 Å². The van der Waals surface area contributed by atoms with Crippen molar-refractivity contribution in [2.24, 2.45) is 0 Å². The lowest BCUT2D eigenvalue weighted by atomic mass is 10.1. The number of thiophene rings is 1. The molecular formula is C21H13N3O5S2. The monoisotopic (exact) mass is 451 g/mol. The van der Waals surface area contributed by atoms with E-state index >= 15 is 0 Å². The number of ether oxygens (including phenoxy) is 1. The summed E-state index contributed by atoms with van der Waals surface area (Å²) in [5.74, 6) is -0.666. The second-order valence-corrected chi connectivity index (χ2v) is 8.22. The normalized spacial score (nSPS) is 11.1. The third kappa shape index (κ3) is 3.31. The van der Waals surface area contributed by atoms with Crippen LogP contribution in [0.5, 0.6) is 5.75 Å². The van der Waals surface area contributed by atoms with E-state index in [2.05, 4.69) is 14.9 Å². The van der Waals surface area contributed by atoms with E-state index in [-0.39, 0.29) is 11.3 Å². The van der Waals surface area contributed by atoms with Gasteiger partial charge in [-0.3, -0.25) is 4.79 Å². The quantitative estimate of drug-likeness (QED) is 0.381. The molecule has 3 heterocycles. The number of anilines is 1. The van der Waals surface area contributed by atoms with Crippen LogP contribution >= 0.6 is 22.9 Å². The molecule has 0 saturated heterocycles. The van der Waals surface area contributed by atoms with E-state index < -0.39 is 11.9 Å². The average molecular weight is 451 g/mol. The highest BCUT2D eigenvalue weighted by atomic mass is 32.1. The summed E-state index contributed by atoms with van der Waals surface area (Å²) < 4.78 is 15.9. The molecule has 0 radical (unpaired) electrons. The third-order valence-corrected chi connectivity index (χ3v) is 6.41. The Morgan fingerprint density at radius 1 is 1.19 bits per heavy atom. The number of hydrogen-bond donors (Lipinski definition) is 2. The Balaban J connectivity index is 1.52. The molecule has 31 heavy (non-hydrogen) atoms. The van der Waals surface area contributed by atoms with E-state index in [1.165, 1.54) is 30.0 Å². The molecule has 1 amide bonds. The molecule has 0 aliphatic rings. The first-order valence-corrected chi connectivity index (χ1v) is 10.7. The summed E-state index contributed by atoms with van der Waals surface area (Å²) >= 11 is 2.41. The zero-order valence-corrected chi connectivity index (χ0v) is 17.5. The largest absolute Gasteiger partial charge is 0.493 e. The maximum atomic E-state index is 12.7. The van der Waals surface area contributed by atoms with Gasteiger partial charge in [-0.25, -0.2) is 4.79 Å². The zero-order valence-electron chi connectivity index (χ0n) is 15.9. The number of para-hydroxylation sites is 1. The first kappa shape index (κ1) is 19.2. The molecule has 0 bridgehead atoms. The number of rotatable bonds is 5. The number of carbonyl (C=O) groups is 2. The molecule has 10 heteroatoms. The number of nitrogens with one attached hydrogen (secondary N) is 1. The van der Waals surface area contributed by atoms with Gasteiger partial charge in [-0.15, -0.1) is 16.4 Å². The van der Waals surface area contributed by atoms with Crippen LogP contribution in [0.2, 0.25) is 0 Å². The van der Waals surface area contributed by atoms with Gasteiger partial charge in [0, 0.05) is 16.3 Å². The second-order valence-electron chi connectivity index (χ2n) is 6.56. The van der Waals surface area contributed by atoms with Crippen molar-refractivity contribution in [3.63, 3.8) is 0 Å². The van der Waals surface area contributed by atoms with E-state index in [1.54, 1.807) is 35.7 Å². The van der Waals surface area contributed by atoms with Crippen LogP contribution < -0.4 is 10.1 Å². The van der Waals surface area contributed by atoms with Gasteiger partial charge in [0.2, 0.25) is 0 Å². The maximum absolute atomic E-state index is 12.7. The predicted octanol–water partition coefficient (Wildman–Crippen LogP) is 5.13. The van der Waals surface area contributed by atoms with Crippen LogP contribution in [0.4, 0.5) is 5.69 Å². The van der Waals surface area contributed by atoms with Crippen molar-refractivity contribution in [3.05, 3.63) is 59.0 Å². The molecule has 2 N–H and O–H groups in total. The Labute approximate surface area is 182 Å². The molecule has 0 fully saturated rings. The molecule has 5 aromatic rings. The molecule has 0 aliphatic heterocycles. The summed E-state index contributed by atoms with van der Waals surface area (Å²) in [5.41, 5.74) is 1.66. The Kier molecular flexibility index (Phi) is 4.64. The summed E-state index contributed by atoms with van der Waals surface area (Å²) in [6, 6.07) is 12.2. The fourth-order valence-corrected chi connectivity index (χ4v) is 4.75. The number of amides is 1. The Bertz CT molecular complexity index is 1470. The fourth-order valence-electron chi connectivity index (χ4n) is 3.27. The van der Waals surface area contributed by atoms with Crippen LogP contribution in [0, 0.1) is 0 Å². The van der Waals surface area contributed by atoms with Gasteiger partial charge in [0.1, 0.15) is 16.8 Å². The number of fused-ring (bicyclic) bond motifs is 2. The second kappa shape index (κ2) is 7.49. The Morgan fingerprint density at radius 2 is 2.06 bits per heavy atom. The van der Waals surface area contributed by atoms with Gasteiger partial charge in [0.25, 0.3) is 5.91 Å². The van der Waals surface area contributed by atoms with Crippen LogP contribution in [0.1, 0.15) is 20.7 Å². The number of carbonyl (C=O) groups excluding carboxylic acids is 1. The summed E-state index contributed by atoms with van der Waals surface area (Å²) in [7, 11) is 1.54. The number of carboxylic acids is 1. The molecular weight excluding hydrogens is 438 g/mol. The van der Waals surface area contributed by atoms with Gasteiger partial charge in [-0.05, 0) is 41.9 Å². The van der Waals surface area contributed by atoms with Crippen molar-refractivity contribution >= 4 is 61.6 Å². The van der Waals surface area contributed by atoms with Gasteiger partial charge >= 0.3 is 5.97 Å². The standard InChI is InChI=1S/C21H13N3O5S2/c1-28-14-4-2-3-10-8-15(29-18(10)14)19-17(21(26)27)13(9-30-19)22-20(25)11-5-6-16-12(7-11)23-24-31-16/h2-9H,1H3,(H,22,25)(H,26,27). The van der Waals surface area contributed by atoms with Gasteiger partial charge in [-0.2, -0.15) is 0 Å². The Morgan fingerprint density at radius 3 is 2.87 bits per heavy atom. The van der Waals surface area contributed by atoms with E-state index in [0.717, 1.165) is 10.1 Å². The van der Waals surface area contributed by atoms with Gasteiger partial charge < -0.3 is 19.6 Å². The predicted molar refractivity (Wildman–Crippen MR) is 118 cm³/mol. The highest BCUT2D eigenvalue weighted by Gasteiger charge is 2.24. The number of aromatic nitrogens is 2. The summed E-state index contributed by atoms with van der Waals surface area (Å²) in [5, 5.41) is 18.9. The molecule has 8 nitrogen and oxygen atoms in total. The third-order valence-electron chi connectivity index (χ3n) is 4.71. The number of nitrogens with zero attached hydrogens (tertiary/aromatic N) is 2. The van der Waals surface area contributed by atoms with E-state index in [9.17, 15) is 14.7 Å². The Hall–Kier alpha value is -3.76. The summed E-state index contributed by atoms with van der Waals surface area (Å²) in [6.45, 7) is 0. The number of furan rings is 1. The summed E-state index contributed by atoms with van der Waals surface area (Å²) in [4.78, 5) is 25.2. The zero-order chi connectivity index (χ0) is 21.5. The van der Waals surface area contributed by atoms with E-state index in [0.29, 0.717) is 33.1 Å². The van der Waals surface area contributed by atoms with Crippen LogP contribution in [0.25, 0.3) is 31.8 Å². The topological polar surface area (TPSA) is 115 Å². The van der Waals surface area contributed by atoms with Crippen LogP contribution in [-0.2, 0) is 0 Å². The average Bonchev–Trinajstić information content (AvgIpc) is 3.49. The lowest BCUT2D eigenvalue weighted by Crippen LogP contribution is -2.14. The van der Waals surface area contributed by atoms with Crippen molar-refractivity contribution in [2.75, 3.05) is 12.4 Å². The highest BCUT2D eigenvalue weighted by Crippen LogP contribution is 2.40. The first-order chi connectivity index (χ1) is 15.0. The minimum absolute atomic E-state index is 0.0345. The number of carboxylic acid groups (broad SMARTS) is 1. The molecule has 154 valence electrons. The molecule has 3 aromatic heterocycles. The summed E-state index contributed by atoms with van der Waals surface area (Å²) in [6.07, 6.45) is 0. The van der Waals surface area contributed by atoms with Gasteiger partial charge in [0.15, 0.2) is 11.3 Å². The van der Waals surface area contributed by atoms with Crippen molar-refractivity contribution < 1.29 is 23.8 Å². The number of aromatic carboxylic acids is 1. The smallest absolute Gasteiger partial charge is 0.339 e. The highest BCUT2D eigenvalue weighted by molar-refractivity contribution is 7.14. The molecule has 0 unspecified atom stereocenters. The lowest BCUT2D eigenvalue weighted by molar-refractivity contribution is 0.0699. The van der Waals surface area contributed by atoms with Gasteiger partial charge in [-0.1, -0.05) is 16.6 Å². The van der Waals surface area contributed by atoms with Crippen LogP contribution in [0.3, 0.4) is 0 Å². The van der Waals surface area contributed by atoms with Crippen molar-refractivity contribution in [3.8, 4) is 16.4 Å². The van der Waals surface area contributed by atoms with Crippen molar-refractivity contribution in [1.29, 1.82) is 0 Å². The van der Waals surface area contributed by atoms with E-state index in [1.807, 2.05) is 12.1 Å². The number of benzene rings is 2. The molecule has 0 saturated carbocycles. The minimum atomic E-state index is -1.17. The molecule has 0 aliphatic carbocycles. The van der Waals surface area contributed by atoms with Crippen molar-refractivity contribution in [1.82, 2.24) is 9.59 Å². The molecule has 0 atom stereocenters. The first-order valence-electron chi connectivity index (χ1n) is 9.00. The number of hydrogen-bond acceptors (Lipinski definition) is 8. The van der Waals surface area contributed by atoms with Crippen LogP contribution in [0.15, 0.2) is 52.3 Å². The van der Waals surface area contributed by atoms with Gasteiger partial charge in [0.05, 0.1) is 22.4 Å².